The number of ketones is 1. The molecule has 2 N–H and O–H groups in total. The van der Waals surface area contributed by atoms with Gasteiger partial charge in [-0.15, -0.1) is 0 Å². The molecular formula is C27H31N7O5. The Balaban J connectivity index is 1.16. The molecular weight excluding hydrogens is 502 g/mol. The van der Waals surface area contributed by atoms with Crippen LogP contribution in [0.3, 0.4) is 0 Å². The van der Waals surface area contributed by atoms with E-state index in [4.69, 9.17) is 14.2 Å². The largest absolute Gasteiger partial charge is 0.491 e. The molecule has 3 aromatic heterocycles. The van der Waals surface area contributed by atoms with E-state index in [2.05, 4.69) is 30.2 Å². The lowest BCUT2D eigenvalue weighted by molar-refractivity contribution is -0.141. The summed E-state index contributed by atoms with van der Waals surface area (Å²) >= 11 is 0. The molecule has 0 radical (unpaired) electrons. The number of H-pyrrole nitrogens is 1. The summed E-state index contributed by atoms with van der Waals surface area (Å²) in [4.78, 5) is 46.5. The van der Waals surface area contributed by atoms with Crippen molar-refractivity contribution in [1.29, 1.82) is 0 Å². The number of amides is 2. The van der Waals surface area contributed by atoms with Crippen LogP contribution in [0.4, 0.5) is 22.1 Å². The highest BCUT2D eigenvalue weighted by Crippen LogP contribution is 2.39. The van der Waals surface area contributed by atoms with Crippen molar-refractivity contribution in [2.45, 2.75) is 51.0 Å². The first-order chi connectivity index (χ1) is 18.8. The monoisotopic (exact) mass is 533 g/mol. The number of urea groups is 1. The van der Waals surface area contributed by atoms with Gasteiger partial charge in [-0.3, -0.25) is 15.0 Å². The fourth-order valence-electron chi connectivity index (χ4n) is 5.19. The van der Waals surface area contributed by atoms with Crippen LogP contribution in [0, 0.1) is 0 Å². The summed E-state index contributed by atoms with van der Waals surface area (Å²) in [5, 5.41) is 2.89. The van der Waals surface area contributed by atoms with E-state index in [1.54, 1.807) is 41.7 Å². The number of hydrogen-bond acceptors (Lipinski definition) is 9. The lowest BCUT2D eigenvalue weighted by atomic mass is 10.1. The van der Waals surface area contributed by atoms with Gasteiger partial charge in [0.1, 0.15) is 35.8 Å². The van der Waals surface area contributed by atoms with Crippen LogP contribution in [0.5, 0.6) is 5.75 Å². The van der Waals surface area contributed by atoms with E-state index in [9.17, 15) is 9.59 Å². The molecule has 2 fully saturated rings. The number of Topliss-reactive ketones (excluding diaryl/α,β-unsaturated/α-hetero) is 1. The maximum Gasteiger partial charge on any atom is 0.329 e. The van der Waals surface area contributed by atoms with Gasteiger partial charge in [-0.05, 0) is 38.5 Å². The average Bonchev–Trinajstić information content (AvgIpc) is 3.67. The molecule has 12 nitrogen and oxygen atoms in total. The second-order valence-corrected chi connectivity index (χ2v) is 10.3. The van der Waals surface area contributed by atoms with Crippen LogP contribution >= 0.6 is 0 Å². The van der Waals surface area contributed by atoms with Gasteiger partial charge in [0.25, 0.3) is 0 Å². The molecule has 0 saturated carbocycles. The number of hydrogen-bond donors (Lipinski definition) is 2. The van der Waals surface area contributed by atoms with Crippen molar-refractivity contribution in [3.8, 4) is 5.75 Å². The van der Waals surface area contributed by atoms with Gasteiger partial charge in [0, 0.05) is 50.6 Å². The van der Waals surface area contributed by atoms with Crippen LogP contribution in [0.2, 0.25) is 0 Å². The summed E-state index contributed by atoms with van der Waals surface area (Å²) in [5.74, 6) is 1.42. The fourth-order valence-corrected chi connectivity index (χ4v) is 5.19. The second kappa shape index (κ2) is 10.3. The quantitative estimate of drug-likeness (QED) is 0.419. The zero-order valence-electron chi connectivity index (χ0n) is 21.9. The minimum Gasteiger partial charge on any atom is -0.491 e. The molecule has 0 aromatic carbocycles. The number of aromatic nitrogens is 4. The Kier molecular flexibility index (Phi) is 6.65. The number of imidazole rings is 1. The predicted molar refractivity (Wildman–Crippen MR) is 142 cm³/mol. The molecule has 204 valence electrons. The Labute approximate surface area is 225 Å². The third kappa shape index (κ3) is 5.43. The van der Waals surface area contributed by atoms with Crippen LogP contribution in [-0.2, 0) is 15.9 Å². The van der Waals surface area contributed by atoms with Gasteiger partial charge in [0.2, 0.25) is 0 Å². The van der Waals surface area contributed by atoms with E-state index in [1.165, 1.54) is 0 Å². The highest BCUT2D eigenvalue weighted by Gasteiger charge is 2.40. The normalized spacial score (nSPS) is 21.1. The topological polar surface area (TPSA) is 135 Å². The van der Waals surface area contributed by atoms with Crippen LogP contribution in [0.25, 0.3) is 0 Å². The van der Waals surface area contributed by atoms with Gasteiger partial charge in [0.05, 0.1) is 18.3 Å². The first-order valence-electron chi connectivity index (χ1n) is 13.1. The average molecular weight is 534 g/mol. The molecule has 2 atom stereocenters. The van der Waals surface area contributed by atoms with E-state index in [-0.39, 0.29) is 30.4 Å². The molecule has 2 amide bonds. The number of carbonyl (C=O) groups excluding carboxylic acids is 2. The Hall–Kier alpha value is -4.03. The summed E-state index contributed by atoms with van der Waals surface area (Å²) in [6.45, 7) is 6.03. The molecule has 2 bridgehead atoms. The third-order valence-corrected chi connectivity index (χ3v) is 7.07. The highest BCUT2D eigenvalue weighted by molar-refractivity contribution is 6.05. The maximum absolute atomic E-state index is 13.6. The number of nitrogens with one attached hydrogen (secondary N) is 2. The summed E-state index contributed by atoms with van der Waals surface area (Å²) in [5.41, 5.74) is 1.17. The van der Waals surface area contributed by atoms with Crippen molar-refractivity contribution < 1.29 is 23.8 Å². The summed E-state index contributed by atoms with van der Waals surface area (Å²) < 4.78 is 17.2. The van der Waals surface area contributed by atoms with Crippen molar-refractivity contribution in [1.82, 2.24) is 19.9 Å². The SMILES string of the molecule is CC1(C)OC[C@H](COc2ccnc(NC(=O)N3c4nc(C(=O)CCc5ncc[nH]5)ccc4N4CC[C@H]3C4)c2)O1. The maximum atomic E-state index is 13.6. The number of nitrogens with zero attached hydrogens (tertiary/aromatic N) is 5. The molecule has 12 heteroatoms. The number of aryl methyl sites for hydroxylation is 1. The van der Waals surface area contributed by atoms with Gasteiger partial charge in [0.15, 0.2) is 17.4 Å². The van der Waals surface area contributed by atoms with Gasteiger partial charge in [-0.2, -0.15) is 0 Å². The zero-order chi connectivity index (χ0) is 27.0. The molecule has 6 heterocycles. The van der Waals surface area contributed by atoms with Gasteiger partial charge in [-0.25, -0.2) is 19.7 Å². The number of pyridine rings is 2. The van der Waals surface area contributed by atoms with Crippen molar-refractivity contribution in [3.05, 3.63) is 54.4 Å². The van der Waals surface area contributed by atoms with Crippen molar-refractivity contribution in [2.75, 3.05) is 41.4 Å². The van der Waals surface area contributed by atoms with E-state index in [1.807, 2.05) is 19.9 Å². The van der Waals surface area contributed by atoms with E-state index in [0.717, 1.165) is 24.5 Å². The fraction of sp³-hybridized carbons (Fsp3) is 0.444. The molecule has 2 saturated heterocycles. The summed E-state index contributed by atoms with van der Waals surface area (Å²) in [7, 11) is 0. The highest BCUT2D eigenvalue weighted by atomic mass is 16.7. The standard InChI is InChI=1S/C27H31N7O5/c1-27(2)38-16-19(39-27)15-37-18-7-9-28-24(13-18)32-26(36)34-17-8-12-33(14-17)21-4-3-20(31-25(21)34)22(35)5-6-23-29-10-11-30-23/h3-4,7,9-11,13,17,19H,5-6,8,12,14-16H2,1-2H3,(H,29,30)(H,28,32,36)/t17-,19-/m0/s1. The lowest BCUT2D eigenvalue weighted by Gasteiger charge is -2.35. The Morgan fingerprint density at radius 2 is 2.13 bits per heavy atom. The van der Waals surface area contributed by atoms with Crippen molar-refractivity contribution in [2.24, 2.45) is 0 Å². The number of rotatable bonds is 8. The number of aromatic amines is 1. The molecule has 3 aliphatic heterocycles. The van der Waals surface area contributed by atoms with Crippen LogP contribution in [0.15, 0.2) is 42.9 Å². The molecule has 0 aliphatic carbocycles. The number of carbonyl (C=O) groups is 2. The third-order valence-electron chi connectivity index (χ3n) is 7.07. The van der Waals surface area contributed by atoms with Gasteiger partial charge in [-0.1, -0.05) is 0 Å². The van der Waals surface area contributed by atoms with Crippen molar-refractivity contribution in [3.63, 3.8) is 0 Å². The Morgan fingerprint density at radius 1 is 1.23 bits per heavy atom. The Bertz CT molecular complexity index is 1360. The molecule has 39 heavy (non-hydrogen) atoms. The number of anilines is 3. The first kappa shape index (κ1) is 25.3. The van der Waals surface area contributed by atoms with Crippen LogP contribution in [-0.4, -0.2) is 76.0 Å². The second-order valence-electron chi connectivity index (χ2n) is 10.3. The number of fused-ring (bicyclic) bond motifs is 4. The minimum atomic E-state index is -0.621. The summed E-state index contributed by atoms with van der Waals surface area (Å²) in [6, 6.07) is 6.61. The van der Waals surface area contributed by atoms with Crippen LogP contribution in [0.1, 0.15) is 43.0 Å². The van der Waals surface area contributed by atoms with E-state index >= 15 is 0 Å². The molecule has 3 aliphatic rings. The number of ether oxygens (including phenoxy) is 3. The van der Waals surface area contributed by atoms with Crippen molar-refractivity contribution >= 4 is 29.1 Å². The van der Waals surface area contributed by atoms with Gasteiger partial charge < -0.3 is 24.1 Å². The lowest BCUT2D eigenvalue weighted by Crippen LogP contribution is -2.48. The van der Waals surface area contributed by atoms with E-state index in [0.29, 0.717) is 49.3 Å². The molecule has 3 aromatic rings. The van der Waals surface area contributed by atoms with Crippen LogP contribution < -0.4 is 19.9 Å². The smallest absolute Gasteiger partial charge is 0.329 e. The Morgan fingerprint density at radius 3 is 2.92 bits per heavy atom. The molecule has 6 rings (SSSR count). The zero-order valence-corrected chi connectivity index (χ0v) is 21.9. The molecule has 0 spiro atoms. The van der Waals surface area contributed by atoms with E-state index < -0.39 is 5.79 Å². The van der Waals surface area contributed by atoms with Gasteiger partial charge >= 0.3 is 6.03 Å². The summed E-state index contributed by atoms with van der Waals surface area (Å²) in [6.07, 6.45) is 6.36. The minimum absolute atomic E-state index is 0.0548. The molecule has 0 unspecified atom stereocenters. The predicted octanol–water partition coefficient (Wildman–Crippen LogP) is 3.18. The first-order valence-corrected chi connectivity index (χ1v) is 13.1.